The van der Waals surface area contributed by atoms with Crippen LogP contribution in [0.2, 0.25) is 5.02 Å². The number of nitrogens with zero attached hydrogens (tertiary/aromatic N) is 3. The second kappa shape index (κ2) is 7.28. The summed E-state index contributed by atoms with van der Waals surface area (Å²) in [5.41, 5.74) is 3.87. The zero-order chi connectivity index (χ0) is 20.7. The Bertz CT molecular complexity index is 1420. The van der Waals surface area contributed by atoms with E-state index < -0.39 is 0 Å². The zero-order valence-electron chi connectivity index (χ0n) is 16.0. The molecule has 2 heterocycles. The SMILES string of the molecule is Cc1nc2ccccc2c(=O)n1-c1ccc(-c2cc(-c3ccc(Cl)cc3)on2)cc1. The second-order valence-electron chi connectivity index (χ2n) is 6.95. The molecule has 0 radical (unpaired) electrons. The summed E-state index contributed by atoms with van der Waals surface area (Å²) in [6.07, 6.45) is 0. The minimum atomic E-state index is -0.0858. The molecule has 0 fully saturated rings. The number of halogens is 1. The fourth-order valence-electron chi connectivity index (χ4n) is 3.49. The molecule has 0 atom stereocenters. The van der Waals surface area contributed by atoms with Crippen LogP contribution in [0.4, 0.5) is 0 Å². The fraction of sp³-hybridized carbons (Fsp3) is 0.0417. The maximum atomic E-state index is 13.0. The molecule has 0 aliphatic carbocycles. The van der Waals surface area contributed by atoms with Crippen LogP contribution in [-0.2, 0) is 0 Å². The molecule has 6 heteroatoms. The Morgan fingerprint density at radius 3 is 2.37 bits per heavy atom. The maximum absolute atomic E-state index is 13.0. The Morgan fingerprint density at radius 2 is 1.60 bits per heavy atom. The molecule has 0 aliphatic rings. The number of fused-ring (bicyclic) bond motifs is 1. The van der Waals surface area contributed by atoms with Crippen LogP contribution in [0.3, 0.4) is 0 Å². The molecule has 146 valence electrons. The molecule has 0 amide bonds. The minimum absolute atomic E-state index is 0.0858. The van der Waals surface area contributed by atoms with Crippen molar-refractivity contribution >= 4 is 22.5 Å². The number of aromatic nitrogens is 3. The lowest BCUT2D eigenvalue weighted by Gasteiger charge is -2.11. The van der Waals surface area contributed by atoms with Gasteiger partial charge >= 0.3 is 0 Å². The number of benzene rings is 3. The third kappa shape index (κ3) is 3.19. The van der Waals surface area contributed by atoms with Crippen molar-refractivity contribution in [2.24, 2.45) is 0 Å². The highest BCUT2D eigenvalue weighted by Gasteiger charge is 2.12. The van der Waals surface area contributed by atoms with E-state index >= 15 is 0 Å². The van der Waals surface area contributed by atoms with Gasteiger partial charge in [-0.1, -0.05) is 41.0 Å². The van der Waals surface area contributed by atoms with E-state index in [4.69, 9.17) is 16.1 Å². The standard InChI is InChI=1S/C24H16ClN3O2/c1-15-26-21-5-3-2-4-20(21)24(29)28(15)19-12-8-16(9-13-19)22-14-23(30-27-22)17-6-10-18(25)11-7-17/h2-14H,1H3. The predicted molar refractivity (Wildman–Crippen MR) is 118 cm³/mol. The molecule has 5 aromatic rings. The molecule has 0 N–H and O–H groups in total. The molecule has 30 heavy (non-hydrogen) atoms. The normalized spacial score (nSPS) is 11.1. The van der Waals surface area contributed by atoms with Crippen molar-refractivity contribution in [2.45, 2.75) is 6.92 Å². The Kier molecular flexibility index (Phi) is 4.45. The highest BCUT2D eigenvalue weighted by Crippen LogP contribution is 2.27. The summed E-state index contributed by atoms with van der Waals surface area (Å²) >= 11 is 5.95. The number of hydrogen-bond acceptors (Lipinski definition) is 4. The van der Waals surface area contributed by atoms with Crippen molar-refractivity contribution in [2.75, 3.05) is 0 Å². The maximum Gasteiger partial charge on any atom is 0.265 e. The van der Waals surface area contributed by atoms with Crippen LogP contribution in [0.15, 0.2) is 88.2 Å². The highest BCUT2D eigenvalue weighted by atomic mass is 35.5. The van der Waals surface area contributed by atoms with E-state index in [-0.39, 0.29) is 5.56 Å². The van der Waals surface area contributed by atoms with Crippen molar-refractivity contribution in [3.8, 4) is 28.3 Å². The summed E-state index contributed by atoms with van der Waals surface area (Å²) in [5.74, 6) is 1.30. The van der Waals surface area contributed by atoms with Gasteiger partial charge in [0, 0.05) is 22.2 Å². The molecule has 3 aromatic carbocycles. The van der Waals surface area contributed by atoms with Crippen molar-refractivity contribution < 1.29 is 4.52 Å². The lowest BCUT2D eigenvalue weighted by Crippen LogP contribution is -2.22. The summed E-state index contributed by atoms with van der Waals surface area (Å²) in [6, 6.07) is 24.2. The molecule has 0 saturated carbocycles. The monoisotopic (exact) mass is 413 g/mol. The number of aryl methyl sites for hydroxylation is 1. The predicted octanol–water partition coefficient (Wildman–Crippen LogP) is 5.67. The van der Waals surface area contributed by atoms with Crippen molar-refractivity contribution in [3.05, 3.63) is 100 Å². The second-order valence-corrected chi connectivity index (χ2v) is 7.38. The molecule has 0 saturated heterocycles. The minimum Gasteiger partial charge on any atom is -0.356 e. The topological polar surface area (TPSA) is 60.9 Å². The Balaban J connectivity index is 1.51. The van der Waals surface area contributed by atoms with Crippen LogP contribution in [0.5, 0.6) is 0 Å². The van der Waals surface area contributed by atoms with Gasteiger partial charge < -0.3 is 4.52 Å². The van der Waals surface area contributed by atoms with Gasteiger partial charge in [-0.05, 0) is 55.5 Å². The van der Waals surface area contributed by atoms with Gasteiger partial charge in [0.2, 0.25) is 0 Å². The quantitative estimate of drug-likeness (QED) is 0.382. The summed E-state index contributed by atoms with van der Waals surface area (Å²) in [7, 11) is 0. The van der Waals surface area contributed by atoms with Crippen LogP contribution >= 0.6 is 11.6 Å². The number of rotatable bonds is 3. The van der Waals surface area contributed by atoms with Gasteiger partial charge in [-0.25, -0.2) is 4.98 Å². The summed E-state index contributed by atoms with van der Waals surface area (Å²) in [6.45, 7) is 1.83. The van der Waals surface area contributed by atoms with Crippen LogP contribution < -0.4 is 5.56 Å². The van der Waals surface area contributed by atoms with Crippen molar-refractivity contribution in [1.82, 2.24) is 14.7 Å². The Labute approximate surface area is 177 Å². The van der Waals surface area contributed by atoms with Crippen molar-refractivity contribution in [3.63, 3.8) is 0 Å². The lowest BCUT2D eigenvalue weighted by atomic mass is 10.1. The largest absolute Gasteiger partial charge is 0.356 e. The molecular formula is C24H16ClN3O2. The summed E-state index contributed by atoms with van der Waals surface area (Å²) in [4.78, 5) is 17.5. The Morgan fingerprint density at radius 1 is 0.900 bits per heavy atom. The average molecular weight is 414 g/mol. The van der Waals surface area contributed by atoms with Crippen LogP contribution in [-0.4, -0.2) is 14.7 Å². The van der Waals surface area contributed by atoms with Crippen molar-refractivity contribution in [1.29, 1.82) is 0 Å². The van der Waals surface area contributed by atoms with E-state index in [1.54, 1.807) is 10.6 Å². The van der Waals surface area contributed by atoms with E-state index in [9.17, 15) is 4.79 Å². The van der Waals surface area contributed by atoms with Crippen LogP contribution in [0.25, 0.3) is 39.2 Å². The average Bonchev–Trinajstić information content (AvgIpc) is 3.25. The van der Waals surface area contributed by atoms with E-state index in [1.165, 1.54) is 0 Å². The molecule has 5 rings (SSSR count). The van der Waals surface area contributed by atoms with Crippen LogP contribution in [0, 0.1) is 6.92 Å². The van der Waals surface area contributed by atoms with E-state index in [0.717, 1.165) is 16.8 Å². The van der Waals surface area contributed by atoms with E-state index in [0.29, 0.717) is 33.2 Å². The van der Waals surface area contributed by atoms with Gasteiger partial charge in [-0.15, -0.1) is 0 Å². The first-order valence-electron chi connectivity index (χ1n) is 9.42. The summed E-state index contributed by atoms with van der Waals surface area (Å²) in [5, 5.41) is 5.44. The van der Waals surface area contributed by atoms with E-state index in [1.807, 2.05) is 79.7 Å². The first-order chi connectivity index (χ1) is 14.6. The summed E-state index contributed by atoms with van der Waals surface area (Å²) < 4.78 is 7.11. The van der Waals surface area contributed by atoms with Crippen LogP contribution in [0.1, 0.15) is 5.82 Å². The third-order valence-corrected chi connectivity index (χ3v) is 5.26. The van der Waals surface area contributed by atoms with Gasteiger partial charge in [0.25, 0.3) is 5.56 Å². The smallest absolute Gasteiger partial charge is 0.265 e. The molecule has 0 spiro atoms. The van der Waals surface area contributed by atoms with Gasteiger partial charge in [-0.3, -0.25) is 9.36 Å². The zero-order valence-corrected chi connectivity index (χ0v) is 16.8. The number of para-hydroxylation sites is 1. The molecular weight excluding hydrogens is 398 g/mol. The van der Waals surface area contributed by atoms with Gasteiger partial charge in [-0.2, -0.15) is 0 Å². The van der Waals surface area contributed by atoms with Gasteiger partial charge in [0.15, 0.2) is 5.76 Å². The fourth-order valence-corrected chi connectivity index (χ4v) is 3.62. The molecule has 0 unspecified atom stereocenters. The number of hydrogen-bond donors (Lipinski definition) is 0. The molecule has 5 nitrogen and oxygen atoms in total. The first-order valence-corrected chi connectivity index (χ1v) is 9.80. The molecule has 2 aromatic heterocycles. The lowest BCUT2D eigenvalue weighted by molar-refractivity contribution is 0.435. The van der Waals surface area contributed by atoms with Gasteiger partial charge in [0.05, 0.1) is 16.6 Å². The first kappa shape index (κ1) is 18.3. The Hall–Kier alpha value is -3.70. The van der Waals surface area contributed by atoms with E-state index in [2.05, 4.69) is 10.1 Å². The van der Waals surface area contributed by atoms with Gasteiger partial charge in [0.1, 0.15) is 11.5 Å². The molecule has 0 aliphatic heterocycles. The molecule has 0 bridgehead atoms. The third-order valence-electron chi connectivity index (χ3n) is 5.00. The highest BCUT2D eigenvalue weighted by molar-refractivity contribution is 6.30.